The van der Waals surface area contributed by atoms with E-state index in [1.165, 1.54) is 13.2 Å². The van der Waals surface area contributed by atoms with Gasteiger partial charge in [0.1, 0.15) is 0 Å². The number of carboxylic acid groups (broad SMARTS) is 1. The first-order valence-corrected chi connectivity index (χ1v) is 6.54. The summed E-state index contributed by atoms with van der Waals surface area (Å²) >= 11 is 6.18. The molecule has 0 atom stereocenters. The van der Waals surface area contributed by atoms with Crippen molar-refractivity contribution in [3.05, 3.63) is 58.1 Å². The number of hydrogen-bond acceptors (Lipinski definition) is 3. The molecule has 0 unspecified atom stereocenters. The summed E-state index contributed by atoms with van der Waals surface area (Å²) in [5, 5.41) is 9.47. The maximum absolute atomic E-state index is 11.6. The molecular weight excluding hydrogens is 292 g/mol. The molecule has 4 nitrogen and oxygen atoms in total. The molecule has 2 aromatic rings. The van der Waals surface area contributed by atoms with Crippen LogP contribution in [0.4, 0.5) is 0 Å². The van der Waals surface area contributed by atoms with Gasteiger partial charge < -0.3 is 9.84 Å². The van der Waals surface area contributed by atoms with Crippen LogP contribution >= 0.6 is 11.6 Å². The van der Waals surface area contributed by atoms with E-state index in [9.17, 15) is 9.59 Å². The molecule has 0 fully saturated rings. The molecule has 0 aliphatic carbocycles. The molecule has 0 radical (unpaired) electrons. The number of carbonyl (C=O) groups excluding carboxylic acids is 1. The van der Waals surface area contributed by atoms with Gasteiger partial charge >= 0.3 is 11.9 Å². The summed E-state index contributed by atoms with van der Waals surface area (Å²) in [6, 6.07) is 9.59. The monoisotopic (exact) mass is 304 g/mol. The Balaban J connectivity index is 2.56. The van der Waals surface area contributed by atoms with E-state index in [1.54, 1.807) is 37.3 Å². The minimum absolute atomic E-state index is 0.205. The predicted octanol–water partition coefficient (Wildman–Crippen LogP) is 3.80. The van der Waals surface area contributed by atoms with Gasteiger partial charge in [0, 0.05) is 10.6 Å². The Morgan fingerprint density at radius 3 is 2.29 bits per heavy atom. The lowest BCUT2D eigenvalue weighted by Crippen LogP contribution is -2.02. The average Bonchev–Trinajstić information content (AvgIpc) is 2.47. The predicted molar refractivity (Wildman–Crippen MR) is 79.9 cm³/mol. The highest BCUT2D eigenvalue weighted by Crippen LogP contribution is 2.32. The number of ether oxygens (including phenoxy) is 1. The van der Waals surface area contributed by atoms with E-state index >= 15 is 0 Å². The number of aromatic carboxylic acids is 1. The molecule has 108 valence electrons. The number of aryl methyl sites for hydroxylation is 1. The zero-order valence-electron chi connectivity index (χ0n) is 11.5. The van der Waals surface area contributed by atoms with Gasteiger partial charge in [0.25, 0.3) is 0 Å². The second kappa shape index (κ2) is 5.97. The number of carbonyl (C=O) groups is 2. The molecule has 0 aliphatic rings. The topological polar surface area (TPSA) is 63.6 Å². The number of benzene rings is 2. The van der Waals surface area contributed by atoms with Crippen molar-refractivity contribution >= 4 is 23.5 Å². The summed E-state index contributed by atoms with van der Waals surface area (Å²) in [5.74, 6) is -1.44. The average molecular weight is 305 g/mol. The molecule has 1 N–H and O–H groups in total. The van der Waals surface area contributed by atoms with Crippen LogP contribution in [0.25, 0.3) is 11.1 Å². The highest BCUT2D eigenvalue weighted by molar-refractivity contribution is 6.33. The maximum Gasteiger partial charge on any atom is 0.337 e. The lowest BCUT2D eigenvalue weighted by atomic mass is 9.97. The summed E-state index contributed by atoms with van der Waals surface area (Å²) < 4.78 is 4.69. The van der Waals surface area contributed by atoms with Crippen molar-refractivity contribution in [3.8, 4) is 11.1 Å². The highest BCUT2D eigenvalue weighted by Gasteiger charge is 2.13. The maximum atomic E-state index is 11.6. The highest BCUT2D eigenvalue weighted by atomic mass is 35.5. The number of esters is 1. The zero-order valence-corrected chi connectivity index (χ0v) is 12.3. The van der Waals surface area contributed by atoms with Crippen LogP contribution in [0.1, 0.15) is 26.3 Å². The van der Waals surface area contributed by atoms with E-state index in [-0.39, 0.29) is 5.56 Å². The quantitative estimate of drug-likeness (QED) is 0.876. The van der Waals surface area contributed by atoms with Crippen molar-refractivity contribution in [1.82, 2.24) is 0 Å². The van der Waals surface area contributed by atoms with Gasteiger partial charge in [-0.05, 0) is 48.4 Å². The Morgan fingerprint density at radius 2 is 1.71 bits per heavy atom. The molecule has 5 heteroatoms. The molecule has 0 saturated heterocycles. The number of carboxylic acids is 1. The minimum Gasteiger partial charge on any atom is -0.478 e. The number of methoxy groups -OCH3 is 1. The summed E-state index contributed by atoms with van der Waals surface area (Å²) in [6.07, 6.45) is 0. The van der Waals surface area contributed by atoms with E-state index in [2.05, 4.69) is 4.74 Å². The Kier molecular flexibility index (Phi) is 4.29. The van der Waals surface area contributed by atoms with Gasteiger partial charge in [-0.1, -0.05) is 17.7 Å². The molecule has 0 heterocycles. The molecule has 0 aromatic heterocycles. The molecule has 0 aliphatic heterocycles. The van der Waals surface area contributed by atoms with Gasteiger partial charge in [-0.15, -0.1) is 0 Å². The lowest BCUT2D eigenvalue weighted by molar-refractivity contribution is 0.0600. The standard InChI is InChI=1S/C16H13ClO4/c1-9-7-10(15(18)19)3-5-12(9)13-8-11(16(20)21-2)4-6-14(13)17/h3-8H,1-2H3,(H,18,19). The number of halogens is 1. The zero-order chi connectivity index (χ0) is 15.6. The Hall–Kier alpha value is -2.33. The van der Waals surface area contributed by atoms with Crippen LogP contribution in [0.2, 0.25) is 5.02 Å². The summed E-state index contributed by atoms with van der Waals surface area (Å²) in [7, 11) is 1.31. The largest absolute Gasteiger partial charge is 0.478 e. The molecule has 0 amide bonds. The summed E-state index contributed by atoms with van der Waals surface area (Å²) in [6.45, 7) is 1.79. The molecule has 0 saturated carbocycles. The molecule has 2 aromatic carbocycles. The summed E-state index contributed by atoms with van der Waals surface area (Å²) in [4.78, 5) is 22.6. The van der Waals surface area contributed by atoms with Crippen molar-refractivity contribution in [2.24, 2.45) is 0 Å². The van der Waals surface area contributed by atoms with Crippen LogP contribution in [0.5, 0.6) is 0 Å². The molecule has 0 spiro atoms. The molecule has 0 bridgehead atoms. The normalized spacial score (nSPS) is 10.2. The second-order valence-corrected chi connectivity index (χ2v) is 4.93. The number of rotatable bonds is 3. The fraction of sp³-hybridized carbons (Fsp3) is 0.125. The van der Waals surface area contributed by atoms with Crippen LogP contribution in [0, 0.1) is 6.92 Å². The third kappa shape index (κ3) is 3.06. The molecule has 21 heavy (non-hydrogen) atoms. The fourth-order valence-corrected chi connectivity index (χ4v) is 2.29. The van der Waals surface area contributed by atoms with Crippen LogP contribution in [-0.2, 0) is 4.74 Å². The van der Waals surface area contributed by atoms with Crippen molar-refractivity contribution in [3.63, 3.8) is 0 Å². The van der Waals surface area contributed by atoms with E-state index in [0.717, 1.165) is 11.1 Å². The second-order valence-electron chi connectivity index (χ2n) is 4.52. The minimum atomic E-state index is -0.987. The molecular formula is C16H13ClO4. The van der Waals surface area contributed by atoms with Crippen molar-refractivity contribution in [2.45, 2.75) is 6.92 Å². The van der Waals surface area contributed by atoms with E-state index in [4.69, 9.17) is 16.7 Å². The van der Waals surface area contributed by atoms with Gasteiger partial charge in [0.05, 0.1) is 18.2 Å². The summed E-state index contributed by atoms with van der Waals surface area (Å²) in [5.41, 5.74) is 2.79. The lowest BCUT2D eigenvalue weighted by Gasteiger charge is -2.10. The van der Waals surface area contributed by atoms with E-state index < -0.39 is 11.9 Å². The SMILES string of the molecule is COC(=O)c1ccc(Cl)c(-c2ccc(C(=O)O)cc2C)c1. The smallest absolute Gasteiger partial charge is 0.337 e. The van der Waals surface area contributed by atoms with Gasteiger partial charge in [0.15, 0.2) is 0 Å². The van der Waals surface area contributed by atoms with Crippen LogP contribution in [-0.4, -0.2) is 24.2 Å². The first-order valence-electron chi connectivity index (χ1n) is 6.16. The first-order chi connectivity index (χ1) is 9.93. The third-order valence-corrected chi connectivity index (χ3v) is 3.48. The first kappa shape index (κ1) is 15.1. The van der Waals surface area contributed by atoms with Crippen molar-refractivity contribution < 1.29 is 19.4 Å². The van der Waals surface area contributed by atoms with Gasteiger partial charge in [0.2, 0.25) is 0 Å². The van der Waals surface area contributed by atoms with Crippen molar-refractivity contribution in [1.29, 1.82) is 0 Å². The Morgan fingerprint density at radius 1 is 1.05 bits per heavy atom. The molecule has 2 rings (SSSR count). The Bertz CT molecular complexity index is 722. The van der Waals surface area contributed by atoms with Crippen LogP contribution in [0.15, 0.2) is 36.4 Å². The number of hydrogen-bond donors (Lipinski definition) is 1. The third-order valence-electron chi connectivity index (χ3n) is 3.15. The van der Waals surface area contributed by atoms with E-state index in [0.29, 0.717) is 16.1 Å². The van der Waals surface area contributed by atoms with Crippen LogP contribution < -0.4 is 0 Å². The van der Waals surface area contributed by atoms with Crippen molar-refractivity contribution in [2.75, 3.05) is 7.11 Å². The van der Waals surface area contributed by atoms with Gasteiger partial charge in [-0.2, -0.15) is 0 Å². The van der Waals surface area contributed by atoms with E-state index in [1.807, 2.05) is 0 Å². The van der Waals surface area contributed by atoms with Crippen LogP contribution in [0.3, 0.4) is 0 Å². The van der Waals surface area contributed by atoms with Gasteiger partial charge in [-0.3, -0.25) is 0 Å². The fourth-order valence-electron chi connectivity index (χ4n) is 2.08. The van der Waals surface area contributed by atoms with Gasteiger partial charge in [-0.25, -0.2) is 9.59 Å². The Labute approximate surface area is 126 Å².